The van der Waals surface area contributed by atoms with E-state index in [2.05, 4.69) is 34.4 Å². The molecule has 19 heavy (non-hydrogen) atoms. The average molecular weight is 262 g/mol. The highest BCUT2D eigenvalue weighted by Gasteiger charge is 2.35. The van der Waals surface area contributed by atoms with Crippen molar-refractivity contribution in [2.45, 2.75) is 46.1 Å². The van der Waals surface area contributed by atoms with Crippen LogP contribution in [-0.4, -0.2) is 28.5 Å². The monoisotopic (exact) mass is 262 g/mol. The Morgan fingerprint density at radius 3 is 2.89 bits per heavy atom. The molecule has 1 amide bonds. The Balaban J connectivity index is 2.05. The standard InChI is InChI=1S/C14H22N4O/c1-4-16-12-9-15-8-10(17-12)13(19)18-11-6-5-7-14(11,2)3/h8-9,11H,4-7H2,1-3H3,(H,16,17)(H,18,19). The number of rotatable bonds is 4. The molecule has 1 aromatic rings. The van der Waals surface area contributed by atoms with Crippen LogP contribution in [0.15, 0.2) is 12.4 Å². The predicted molar refractivity (Wildman–Crippen MR) is 75.1 cm³/mol. The highest BCUT2D eigenvalue weighted by atomic mass is 16.2. The number of aromatic nitrogens is 2. The van der Waals surface area contributed by atoms with Crippen molar-refractivity contribution in [1.29, 1.82) is 0 Å². The molecule has 1 aromatic heterocycles. The van der Waals surface area contributed by atoms with Crippen molar-refractivity contribution in [1.82, 2.24) is 15.3 Å². The van der Waals surface area contributed by atoms with Crippen molar-refractivity contribution < 1.29 is 4.79 Å². The summed E-state index contributed by atoms with van der Waals surface area (Å²) in [5.41, 5.74) is 0.545. The molecular formula is C14H22N4O. The first-order valence-electron chi connectivity index (χ1n) is 6.89. The Labute approximate surface area is 114 Å². The van der Waals surface area contributed by atoms with E-state index in [-0.39, 0.29) is 17.4 Å². The van der Waals surface area contributed by atoms with Crippen LogP contribution in [-0.2, 0) is 0 Å². The normalized spacial score (nSPS) is 21.1. The van der Waals surface area contributed by atoms with E-state index < -0.39 is 0 Å². The summed E-state index contributed by atoms with van der Waals surface area (Å²) in [5.74, 6) is 0.507. The fourth-order valence-corrected chi connectivity index (χ4v) is 2.57. The van der Waals surface area contributed by atoms with E-state index in [4.69, 9.17) is 0 Å². The second-order valence-corrected chi connectivity index (χ2v) is 5.73. The summed E-state index contributed by atoms with van der Waals surface area (Å²) in [5, 5.41) is 6.14. The van der Waals surface area contributed by atoms with E-state index in [1.807, 2.05) is 6.92 Å². The van der Waals surface area contributed by atoms with E-state index in [1.54, 1.807) is 6.20 Å². The number of carbonyl (C=O) groups is 1. The molecule has 0 aliphatic heterocycles. The van der Waals surface area contributed by atoms with Crippen molar-refractivity contribution >= 4 is 11.7 Å². The fourth-order valence-electron chi connectivity index (χ4n) is 2.57. The van der Waals surface area contributed by atoms with E-state index in [1.165, 1.54) is 12.6 Å². The van der Waals surface area contributed by atoms with Crippen molar-refractivity contribution in [3.05, 3.63) is 18.1 Å². The zero-order chi connectivity index (χ0) is 13.9. The minimum absolute atomic E-state index is 0.132. The molecule has 0 bridgehead atoms. The summed E-state index contributed by atoms with van der Waals surface area (Å²) in [6, 6.07) is 0.226. The van der Waals surface area contributed by atoms with Crippen LogP contribution in [0.4, 0.5) is 5.82 Å². The predicted octanol–water partition coefficient (Wildman–Crippen LogP) is 2.22. The van der Waals surface area contributed by atoms with Gasteiger partial charge < -0.3 is 10.6 Å². The minimum Gasteiger partial charge on any atom is -0.369 e. The van der Waals surface area contributed by atoms with Crippen LogP contribution in [0, 0.1) is 5.41 Å². The number of carbonyl (C=O) groups excluding carboxylic acids is 1. The molecule has 1 saturated carbocycles. The number of nitrogens with zero attached hydrogens (tertiary/aromatic N) is 2. The summed E-state index contributed by atoms with van der Waals surface area (Å²) < 4.78 is 0. The summed E-state index contributed by atoms with van der Waals surface area (Å²) in [6.07, 6.45) is 6.50. The molecule has 1 aliphatic rings. The Kier molecular flexibility index (Phi) is 4.02. The molecule has 2 N–H and O–H groups in total. The lowest BCUT2D eigenvalue weighted by Gasteiger charge is -2.27. The quantitative estimate of drug-likeness (QED) is 0.873. The van der Waals surface area contributed by atoms with Crippen LogP contribution in [0.3, 0.4) is 0 Å². The van der Waals surface area contributed by atoms with Gasteiger partial charge in [-0.2, -0.15) is 0 Å². The SMILES string of the molecule is CCNc1cncc(C(=O)NC2CCCC2(C)C)n1. The van der Waals surface area contributed by atoms with Gasteiger partial charge >= 0.3 is 0 Å². The lowest BCUT2D eigenvalue weighted by atomic mass is 9.87. The van der Waals surface area contributed by atoms with Crippen LogP contribution in [0.25, 0.3) is 0 Å². The second-order valence-electron chi connectivity index (χ2n) is 5.73. The highest BCUT2D eigenvalue weighted by Crippen LogP contribution is 2.37. The highest BCUT2D eigenvalue weighted by molar-refractivity contribution is 5.92. The van der Waals surface area contributed by atoms with Gasteiger partial charge in [0.15, 0.2) is 0 Å². The third-order valence-corrected chi connectivity index (χ3v) is 3.79. The third kappa shape index (κ3) is 3.22. The van der Waals surface area contributed by atoms with Crippen LogP contribution in [0.5, 0.6) is 0 Å². The average Bonchev–Trinajstić information content (AvgIpc) is 2.69. The molecule has 1 atom stereocenters. The molecular weight excluding hydrogens is 240 g/mol. The number of anilines is 1. The smallest absolute Gasteiger partial charge is 0.271 e. The summed E-state index contributed by atoms with van der Waals surface area (Å²) in [6.45, 7) is 7.14. The molecule has 0 radical (unpaired) electrons. The lowest BCUT2D eigenvalue weighted by molar-refractivity contribution is 0.0904. The molecule has 1 fully saturated rings. The van der Waals surface area contributed by atoms with Gasteiger partial charge in [-0.1, -0.05) is 20.3 Å². The Hall–Kier alpha value is -1.65. The molecule has 0 saturated heterocycles. The summed E-state index contributed by atoms with van der Waals surface area (Å²) in [4.78, 5) is 20.5. The first-order valence-corrected chi connectivity index (χ1v) is 6.89. The fraction of sp³-hybridized carbons (Fsp3) is 0.643. The molecule has 5 nitrogen and oxygen atoms in total. The zero-order valence-corrected chi connectivity index (χ0v) is 11.9. The third-order valence-electron chi connectivity index (χ3n) is 3.79. The van der Waals surface area contributed by atoms with Crippen LogP contribution >= 0.6 is 0 Å². The minimum atomic E-state index is -0.132. The van der Waals surface area contributed by atoms with Crippen molar-refractivity contribution in [3.8, 4) is 0 Å². The molecule has 1 aliphatic carbocycles. The first kappa shape index (κ1) is 13.8. The van der Waals surface area contributed by atoms with Gasteiger partial charge in [0.1, 0.15) is 11.5 Å². The van der Waals surface area contributed by atoms with Crippen molar-refractivity contribution in [2.24, 2.45) is 5.41 Å². The van der Waals surface area contributed by atoms with Gasteiger partial charge in [-0.15, -0.1) is 0 Å². The molecule has 1 unspecified atom stereocenters. The van der Waals surface area contributed by atoms with Gasteiger partial charge in [-0.05, 0) is 25.2 Å². The molecule has 0 aromatic carbocycles. The van der Waals surface area contributed by atoms with Gasteiger partial charge in [0.2, 0.25) is 0 Å². The van der Waals surface area contributed by atoms with E-state index in [0.717, 1.165) is 19.4 Å². The maximum atomic E-state index is 12.2. The lowest BCUT2D eigenvalue weighted by Crippen LogP contribution is -2.41. The zero-order valence-electron chi connectivity index (χ0n) is 11.9. The van der Waals surface area contributed by atoms with Crippen LogP contribution < -0.4 is 10.6 Å². The number of amides is 1. The van der Waals surface area contributed by atoms with Gasteiger partial charge in [-0.25, -0.2) is 4.98 Å². The molecule has 1 heterocycles. The Morgan fingerprint density at radius 2 is 2.26 bits per heavy atom. The van der Waals surface area contributed by atoms with Crippen LogP contribution in [0.1, 0.15) is 50.5 Å². The summed E-state index contributed by atoms with van der Waals surface area (Å²) >= 11 is 0. The molecule has 5 heteroatoms. The van der Waals surface area contributed by atoms with Gasteiger partial charge in [-0.3, -0.25) is 9.78 Å². The van der Waals surface area contributed by atoms with E-state index >= 15 is 0 Å². The Bertz CT molecular complexity index is 459. The van der Waals surface area contributed by atoms with Gasteiger partial charge in [0.05, 0.1) is 12.4 Å². The summed E-state index contributed by atoms with van der Waals surface area (Å²) in [7, 11) is 0. The van der Waals surface area contributed by atoms with Crippen LogP contribution in [0.2, 0.25) is 0 Å². The number of hydrogen-bond donors (Lipinski definition) is 2. The first-order chi connectivity index (χ1) is 9.03. The van der Waals surface area contributed by atoms with E-state index in [9.17, 15) is 4.79 Å². The maximum Gasteiger partial charge on any atom is 0.271 e. The van der Waals surface area contributed by atoms with Crippen molar-refractivity contribution in [2.75, 3.05) is 11.9 Å². The molecule has 0 spiro atoms. The van der Waals surface area contributed by atoms with E-state index in [0.29, 0.717) is 11.5 Å². The maximum absolute atomic E-state index is 12.2. The van der Waals surface area contributed by atoms with Gasteiger partial charge in [0.25, 0.3) is 5.91 Å². The largest absolute Gasteiger partial charge is 0.369 e. The topological polar surface area (TPSA) is 66.9 Å². The second kappa shape index (κ2) is 5.55. The number of hydrogen-bond acceptors (Lipinski definition) is 4. The van der Waals surface area contributed by atoms with Gasteiger partial charge in [0, 0.05) is 12.6 Å². The molecule has 104 valence electrons. The molecule has 2 rings (SSSR count). The Morgan fingerprint density at radius 1 is 1.47 bits per heavy atom. The van der Waals surface area contributed by atoms with Crippen molar-refractivity contribution in [3.63, 3.8) is 0 Å². The number of nitrogens with one attached hydrogen (secondary N) is 2.